The zero-order valence-electron chi connectivity index (χ0n) is 9.52. The number of anilines is 1. The van der Waals surface area contributed by atoms with Gasteiger partial charge in [0.25, 0.3) is 0 Å². The van der Waals surface area contributed by atoms with Crippen molar-refractivity contribution in [1.82, 2.24) is 0 Å². The van der Waals surface area contributed by atoms with Crippen LogP contribution in [0, 0.1) is 0 Å². The number of halogens is 6. The zero-order chi connectivity index (χ0) is 14.7. The lowest BCUT2D eigenvalue weighted by Gasteiger charge is -2.15. The summed E-state index contributed by atoms with van der Waals surface area (Å²) in [7, 11) is 0. The molecule has 0 aromatic heterocycles. The maximum absolute atomic E-state index is 12.4. The minimum Gasteiger partial charge on any atom is -0.385 e. The second kappa shape index (κ2) is 5.68. The van der Waals surface area contributed by atoms with Crippen LogP contribution in [0.15, 0.2) is 24.3 Å². The van der Waals surface area contributed by atoms with Crippen molar-refractivity contribution in [2.24, 2.45) is 0 Å². The van der Waals surface area contributed by atoms with Crippen molar-refractivity contribution in [2.75, 3.05) is 11.9 Å². The minimum absolute atomic E-state index is 0.0456. The zero-order valence-corrected chi connectivity index (χ0v) is 9.52. The van der Waals surface area contributed by atoms with E-state index in [-0.39, 0.29) is 12.2 Å². The van der Waals surface area contributed by atoms with E-state index < -0.39 is 30.4 Å². The van der Waals surface area contributed by atoms with Crippen LogP contribution in [-0.4, -0.2) is 23.9 Å². The van der Waals surface area contributed by atoms with Crippen molar-refractivity contribution in [2.45, 2.75) is 24.9 Å². The maximum atomic E-state index is 12.4. The highest BCUT2D eigenvalue weighted by atomic mass is 19.4. The smallest absolute Gasteiger partial charge is 0.385 e. The monoisotopic (exact) mass is 287 g/mol. The van der Waals surface area contributed by atoms with Crippen molar-refractivity contribution < 1.29 is 31.4 Å². The molecule has 0 aliphatic carbocycles. The van der Waals surface area contributed by atoms with Crippen molar-refractivity contribution >= 4 is 5.69 Å². The average Bonchev–Trinajstić information content (AvgIpc) is 2.27. The number of hydrogen-bond acceptors (Lipinski definition) is 2. The van der Waals surface area contributed by atoms with Gasteiger partial charge in [-0.15, -0.1) is 0 Å². The molecule has 1 aromatic rings. The lowest BCUT2D eigenvalue weighted by molar-refractivity contribution is -0.204. The Morgan fingerprint density at radius 1 is 1.11 bits per heavy atom. The first kappa shape index (κ1) is 15.6. The van der Waals surface area contributed by atoms with Gasteiger partial charge in [0.05, 0.1) is 5.56 Å². The quantitative estimate of drug-likeness (QED) is 0.832. The van der Waals surface area contributed by atoms with E-state index in [0.717, 1.165) is 18.2 Å². The number of hydrogen-bond donors (Lipinski definition) is 2. The first-order valence-corrected chi connectivity index (χ1v) is 5.26. The summed E-state index contributed by atoms with van der Waals surface area (Å²) in [5.41, 5.74) is -0.849. The Morgan fingerprint density at radius 2 is 1.74 bits per heavy atom. The van der Waals surface area contributed by atoms with Gasteiger partial charge < -0.3 is 10.4 Å². The molecular weight excluding hydrogens is 276 g/mol. The molecule has 0 radical (unpaired) electrons. The molecule has 0 aliphatic rings. The normalized spacial score (nSPS) is 14.3. The molecule has 8 heteroatoms. The fourth-order valence-electron chi connectivity index (χ4n) is 1.32. The Hall–Kier alpha value is -1.44. The molecule has 1 rings (SSSR count). The van der Waals surface area contributed by atoms with E-state index >= 15 is 0 Å². The SMILES string of the molecule is O[C@@H](CCNc1cccc(C(F)(F)F)c1)C(F)(F)F. The van der Waals surface area contributed by atoms with Crippen LogP contribution in [0.2, 0.25) is 0 Å². The van der Waals surface area contributed by atoms with Crippen LogP contribution in [0.25, 0.3) is 0 Å². The van der Waals surface area contributed by atoms with Crippen LogP contribution in [0.1, 0.15) is 12.0 Å². The fraction of sp³-hybridized carbons (Fsp3) is 0.455. The molecule has 0 bridgehead atoms. The second-order valence-electron chi connectivity index (χ2n) is 3.85. The van der Waals surface area contributed by atoms with E-state index in [9.17, 15) is 26.3 Å². The van der Waals surface area contributed by atoms with Gasteiger partial charge in [-0.3, -0.25) is 0 Å². The van der Waals surface area contributed by atoms with Gasteiger partial charge in [-0.05, 0) is 24.6 Å². The van der Waals surface area contributed by atoms with Crippen LogP contribution in [0.4, 0.5) is 32.0 Å². The lowest BCUT2D eigenvalue weighted by Crippen LogP contribution is -2.30. The Morgan fingerprint density at radius 3 is 2.26 bits per heavy atom. The van der Waals surface area contributed by atoms with Crippen molar-refractivity contribution in [3.63, 3.8) is 0 Å². The van der Waals surface area contributed by atoms with Gasteiger partial charge in [0.1, 0.15) is 0 Å². The average molecular weight is 287 g/mol. The van der Waals surface area contributed by atoms with Gasteiger partial charge in [-0.25, -0.2) is 0 Å². The molecule has 0 fully saturated rings. The Labute approximate surface area is 105 Å². The summed E-state index contributed by atoms with van der Waals surface area (Å²) in [5, 5.41) is 11.1. The highest BCUT2D eigenvalue weighted by Gasteiger charge is 2.37. The van der Waals surface area contributed by atoms with E-state index in [0.29, 0.717) is 0 Å². The molecule has 0 amide bonds. The predicted octanol–water partition coefficient (Wildman–Crippen LogP) is 3.43. The largest absolute Gasteiger partial charge is 0.416 e. The second-order valence-corrected chi connectivity index (χ2v) is 3.85. The van der Waals surface area contributed by atoms with Crippen molar-refractivity contribution in [3.05, 3.63) is 29.8 Å². The summed E-state index contributed by atoms with van der Waals surface area (Å²) in [4.78, 5) is 0. The molecule has 1 atom stereocenters. The lowest BCUT2D eigenvalue weighted by atomic mass is 10.2. The Bertz CT molecular complexity index is 414. The van der Waals surface area contributed by atoms with E-state index in [1.807, 2.05) is 0 Å². The van der Waals surface area contributed by atoms with Gasteiger partial charge in [0.2, 0.25) is 0 Å². The van der Waals surface area contributed by atoms with E-state index in [1.54, 1.807) is 0 Å². The molecule has 108 valence electrons. The molecular formula is C11H11F6NO. The van der Waals surface area contributed by atoms with Crippen LogP contribution in [-0.2, 0) is 6.18 Å². The fourth-order valence-corrected chi connectivity index (χ4v) is 1.32. The number of rotatable bonds is 4. The van der Waals surface area contributed by atoms with Crippen LogP contribution in [0.3, 0.4) is 0 Å². The number of aliphatic hydroxyl groups excluding tert-OH is 1. The number of nitrogens with one attached hydrogen (secondary N) is 1. The van der Waals surface area contributed by atoms with Crippen molar-refractivity contribution in [1.29, 1.82) is 0 Å². The molecule has 0 aliphatic heterocycles. The highest BCUT2D eigenvalue weighted by Crippen LogP contribution is 2.30. The summed E-state index contributed by atoms with van der Waals surface area (Å²) in [6.45, 7) is -0.290. The highest BCUT2D eigenvalue weighted by molar-refractivity contribution is 5.46. The van der Waals surface area contributed by atoms with Crippen LogP contribution >= 0.6 is 0 Å². The van der Waals surface area contributed by atoms with Gasteiger partial charge >= 0.3 is 12.4 Å². The van der Waals surface area contributed by atoms with Gasteiger partial charge in [0, 0.05) is 12.2 Å². The Balaban J connectivity index is 2.55. The molecule has 0 saturated carbocycles. The summed E-state index contributed by atoms with van der Waals surface area (Å²) in [6, 6.07) is 4.09. The van der Waals surface area contributed by atoms with Gasteiger partial charge in [-0.1, -0.05) is 6.07 Å². The third-order valence-electron chi connectivity index (χ3n) is 2.31. The van der Waals surface area contributed by atoms with Gasteiger partial charge in [-0.2, -0.15) is 26.3 Å². The van der Waals surface area contributed by atoms with Crippen molar-refractivity contribution in [3.8, 4) is 0 Å². The van der Waals surface area contributed by atoms with E-state index in [4.69, 9.17) is 5.11 Å². The molecule has 0 saturated heterocycles. The first-order chi connectivity index (χ1) is 8.60. The topological polar surface area (TPSA) is 32.3 Å². The van der Waals surface area contributed by atoms with Crippen LogP contribution < -0.4 is 5.32 Å². The van der Waals surface area contributed by atoms with E-state index in [1.165, 1.54) is 6.07 Å². The summed E-state index contributed by atoms with van der Waals surface area (Å²) in [6.07, 6.45) is -12.4. The summed E-state index contributed by atoms with van der Waals surface area (Å²) >= 11 is 0. The molecule has 0 spiro atoms. The Kier molecular flexibility index (Phi) is 4.67. The summed E-state index contributed by atoms with van der Waals surface area (Å²) in [5.74, 6) is 0. The first-order valence-electron chi connectivity index (χ1n) is 5.26. The molecule has 2 N–H and O–H groups in total. The number of aliphatic hydroxyl groups is 1. The third kappa shape index (κ3) is 4.98. The molecule has 2 nitrogen and oxygen atoms in total. The number of alkyl halides is 6. The van der Waals surface area contributed by atoms with Crippen LogP contribution in [0.5, 0.6) is 0 Å². The predicted molar refractivity (Wildman–Crippen MR) is 56.6 cm³/mol. The minimum atomic E-state index is -4.73. The maximum Gasteiger partial charge on any atom is 0.416 e. The standard InChI is InChI=1S/C11H11F6NO/c12-10(13,14)7-2-1-3-8(6-7)18-5-4-9(19)11(15,16)17/h1-3,6,9,18-19H,4-5H2/t9-/m0/s1. The third-order valence-corrected chi connectivity index (χ3v) is 2.31. The summed E-state index contributed by atoms with van der Waals surface area (Å²) < 4.78 is 73.0. The van der Waals surface area contributed by atoms with Gasteiger partial charge in [0.15, 0.2) is 6.10 Å². The molecule has 1 aromatic carbocycles. The molecule has 0 unspecified atom stereocenters. The molecule has 0 heterocycles. The molecule has 19 heavy (non-hydrogen) atoms. The number of benzene rings is 1. The van der Waals surface area contributed by atoms with E-state index in [2.05, 4.69) is 5.32 Å².